The second kappa shape index (κ2) is 11.5. The summed E-state index contributed by atoms with van der Waals surface area (Å²) in [4.78, 5) is 9.86. The van der Waals surface area contributed by atoms with E-state index in [0.29, 0.717) is 22.1 Å². The highest BCUT2D eigenvalue weighted by molar-refractivity contribution is 7.98. The minimum atomic E-state index is -2.89. The van der Waals surface area contributed by atoms with Gasteiger partial charge >= 0.3 is 6.61 Å². The maximum atomic E-state index is 13.7. The van der Waals surface area contributed by atoms with Gasteiger partial charge in [0.25, 0.3) is 5.92 Å². The van der Waals surface area contributed by atoms with E-state index in [-0.39, 0.29) is 35.7 Å². The van der Waals surface area contributed by atoms with Crippen molar-refractivity contribution in [3.8, 4) is 29.0 Å². The largest absolute Gasteiger partial charge is 0.491 e. The van der Waals surface area contributed by atoms with Gasteiger partial charge in [-0.25, -0.2) is 13.8 Å². The standard InChI is InChI=1S/C25H19F4N5O2S/c26-24(27)36-9-8-35-18-5-3-17(4-6-18)21-19(10-30)22(34-14-25(28,29)15-34)33-23(20(21)11-31)37-13-16-2-1-7-32-12-16/h1-7,12,24H,8-9,13-15H2. The summed E-state index contributed by atoms with van der Waals surface area (Å²) in [5, 5.41) is 20.3. The normalized spacial score (nSPS) is 14.1. The third kappa shape index (κ3) is 6.28. The molecular weight excluding hydrogens is 510 g/mol. The molecule has 0 saturated carbocycles. The molecule has 0 radical (unpaired) electrons. The van der Waals surface area contributed by atoms with E-state index in [9.17, 15) is 28.1 Å². The summed E-state index contributed by atoms with van der Waals surface area (Å²) in [7, 11) is 0. The van der Waals surface area contributed by atoms with E-state index >= 15 is 0 Å². The fraction of sp³-hybridized carbons (Fsp3) is 0.280. The second-order valence-electron chi connectivity index (χ2n) is 7.96. The van der Waals surface area contributed by atoms with Crippen molar-refractivity contribution in [3.63, 3.8) is 0 Å². The van der Waals surface area contributed by atoms with Crippen LogP contribution in [0.2, 0.25) is 0 Å². The van der Waals surface area contributed by atoms with E-state index in [1.54, 1.807) is 42.7 Å². The molecule has 190 valence electrons. The predicted octanol–water partition coefficient (Wildman–Crippen LogP) is 5.25. The Balaban J connectivity index is 1.70. The van der Waals surface area contributed by atoms with Crippen LogP contribution in [0, 0.1) is 22.7 Å². The average molecular weight is 530 g/mol. The molecule has 1 aliphatic rings. The molecule has 0 aliphatic carbocycles. The summed E-state index contributed by atoms with van der Waals surface area (Å²) in [5.74, 6) is -2.02. The third-order valence-electron chi connectivity index (χ3n) is 5.35. The molecule has 1 saturated heterocycles. The smallest absolute Gasteiger partial charge is 0.345 e. The Morgan fingerprint density at radius 1 is 1.05 bits per heavy atom. The summed E-state index contributed by atoms with van der Waals surface area (Å²) < 4.78 is 61.1. The first-order valence-corrected chi connectivity index (χ1v) is 12.0. The van der Waals surface area contributed by atoms with Crippen LogP contribution in [0.15, 0.2) is 53.8 Å². The molecule has 2 aromatic heterocycles. The Kier molecular flexibility index (Phi) is 8.11. The van der Waals surface area contributed by atoms with Crippen molar-refractivity contribution >= 4 is 17.6 Å². The molecule has 0 spiro atoms. The SMILES string of the molecule is N#Cc1c(SCc2cccnc2)nc(N2CC(F)(F)C2)c(C#N)c1-c1ccc(OCCOC(F)F)cc1. The van der Waals surface area contributed by atoms with E-state index in [1.165, 1.54) is 16.7 Å². The van der Waals surface area contributed by atoms with Crippen LogP contribution < -0.4 is 9.64 Å². The second-order valence-corrected chi connectivity index (χ2v) is 8.92. The number of rotatable bonds is 10. The summed E-state index contributed by atoms with van der Waals surface area (Å²) in [6.07, 6.45) is 3.31. The monoisotopic (exact) mass is 529 g/mol. The van der Waals surface area contributed by atoms with Gasteiger partial charge in [0.05, 0.1) is 25.3 Å². The Bertz CT molecular complexity index is 1320. The number of thioether (sulfide) groups is 1. The van der Waals surface area contributed by atoms with Crippen LogP contribution in [0.3, 0.4) is 0 Å². The quantitative estimate of drug-likeness (QED) is 0.200. The number of aromatic nitrogens is 2. The number of nitriles is 2. The molecule has 1 aliphatic heterocycles. The van der Waals surface area contributed by atoms with E-state index in [2.05, 4.69) is 20.8 Å². The zero-order valence-corrected chi connectivity index (χ0v) is 20.0. The van der Waals surface area contributed by atoms with Gasteiger partial charge in [-0.05, 0) is 29.3 Å². The lowest BCUT2D eigenvalue weighted by atomic mass is 9.95. The highest BCUT2D eigenvalue weighted by Crippen LogP contribution is 2.41. The highest BCUT2D eigenvalue weighted by atomic mass is 32.2. The van der Waals surface area contributed by atoms with Gasteiger partial charge in [-0.3, -0.25) is 4.98 Å². The highest BCUT2D eigenvalue weighted by Gasteiger charge is 2.46. The molecule has 7 nitrogen and oxygen atoms in total. The molecule has 12 heteroatoms. The van der Waals surface area contributed by atoms with Crippen LogP contribution in [-0.2, 0) is 10.5 Å². The number of hydrogen-bond donors (Lipinski definition) is 0. The van der Waals surface area contributed by atoms with Crippen molar-refractivity contribution < 1.29 is 27.0 Å². The lowest BCUT2D eigenvalue weighted by molar-refractivity contribution is -0.133. The number of pyridine rings is 2. The predicted molar refractivity (Wildman–Crippen MR) is 128 cm³/mol. The molecular formula is C25H19F4N5O2S. The molecule has 1 aromatic carbocycles. The van der Waals surface area contributed by atoms with Crippen LogP contribution in [0.4, 0.5) is 23.4 Å². The number of nitrogens with zero attached hydrogens (tertiary/aromatic N) is 5. The maximum absolute atomic E-state index is 13.7. The van der Waals surface area contributed by atoms with Gasteiger partial charge in [-0.15, -0.1) is 11.8 Å². The zero-order valence-electron chi connectivity index (χ0n) is 19.2. The first-order valence-electron chi connectivity index (χ1n) is 11.0. The fourth-order valence-electron chi connectivity index (χ4n) is 3.69. The number of hydrogen-bond acceptors (Lipinski definition) is 8. The summed E-state index contributed by atoms with van der Waals surface area (Å²) in [6.45, 7) is -4.46. The van der Waals surface area contributed by atoms with Crippen molar-refractivity contribution in [2.45, 2.75) is 23.3 Å². The van der Waals surface area contributed by atoms with Crippen molar-refractivity contribution in [2.75, 3.05) is 31.2 Å². The molecule has 0 atom stereocenters. The molecule has 1 fully saturated rings. The van der Waals surface area contributed by atoms with Gasteiger partial charge in [-0.1, -0.05) is 18.2 Å². The van der Waals surface area contributed by atoms with Crippen molar-refractivity contribution in [2.24, 2.45) is 0 Å². The number of benzene rings is 1. The van der Waals surface area contributed by atoms with Gasteiger partial charge in [-0.2, -0.15) is 19.3 Å². The van der Waals surface area contributed by atoms with Gasteiger partial charge in [0.15, 0.2) is 0 Å². The van der Waals surface area contributed by atoms with Crippen molar-refractivity contribution in [1.82, 2.24) is 9.97 Å². The van der Waals surface area contributed by atoms with Crippen molar-refractivity contribution in [3.05, 3.63) is 65.5 Å². The first kappa shape index (κ1) is 26.2. The molecule has 0 N–H and O–H groups in total. The molecule has 37 heavy (non-hydrogen) atoms. The van der Waals surface area contributed by atoms with Gasteiger partial charge in [0, 0.05) is 23.7 Å². The van der Waals surface area contributed by atoms with Crippen molar-refractivity contribution in [1.29, 1.82) is 10.5 Å². The number of ether oxygens (including phenoxy) is 2. The molecule has 4 rings (SSSR count). The number of halogens is 4. The van der Waals surface area contributed by atoms with Crippen LogP contribution in [0.1, 0.15) is 16.7 Å². The molecule has 3 aromatic rings. The van der Waals surface area contributed by atoms with Crippen LogP contribution in [0.25, 0.3) is 11.1 Å². The number of alkyl halides is 4. The lowest BCUT2D eigenvalue weighted by Crippen LogP contribution is -2.57. The van der Waals surface area contributed by atoms with Crippen LogP contribution in [-0.4, -0.2) is 48.8 Å². The summed E-state index contributed by atoms with van der Waals surface area (Å²) >= 11 is 1.24. The molecule has 0 amide bonds. The van der Waals surface area contributed by atoms with Crippen LogP contribution >= 0.6 is 11.8 Å². The molecule has 0 unspecified atom stereocenters. The lowest BCUT2D eigenvalue weighted by Gasteiger charge is -2.40. The first-order chi connectivity index (χ1) is 17.8. The van der Waals surface area contributed by atoms with E-state index < -0.39 is 25.6 Å². The average Bonchev–Trinajstić information content (AvgIpc) is 2.88. The van der Waals surface area contributed by atoms with Gasteiger partial charge in [0.1, 0.15) is 40.9 Å². The van der Waals surface area contributed by atoms with Crippen LogP contribution in [0.5, 0.6) is 5.75 Å². The molecule has 0 bridgehead atoms. The minimum Gasteiger partial charge on any atom is -0.491 e. The Morgan fingerprint density at radius 3 is 2.38 bits per heavy atom. The Hall–Kier alpha value is -3.87. The van der Waals surface area contributed by atoms with E-state index in [4.69, 9.17) is 4.74 Å². The Morgan fingerprint density at radius 2 is 1.78 bits per heavy atom. The Labute approximate surface area is 214 Å². The maximum Gasteiger partial charge on any atom is 0.345 e. The summed E-state index contributed by atoms with van der Waals surface area (Å²) in [5.41, 5.74) is 1.77. The minimum absolute atomic E-state index is 0.0109. The molecule has 3 heterocycles. The number of anilines is 1. The van der Waals surface area contributed by atoms with Gasteiger partial charge in [0.2, 0.25) is 0 Å². The third-order valence-corrected chi connectivity index (χ3v) is 6.40. The summed E-state index contributed by atoms with van der Waals surface area (Å²) in [6, 6.07) is 14.1. The van der Waals surface area contributed by atoms with E-state index in [1.807, 2.05) is 12.1 Å². The van der Waals surface area contributed by atoms with Gasteiger partial charge < -0.3 is 14.4 Å². The van der Waals surface area contributed by atoms with E-state index in [0.717, 1.165) is 5.56 Å². The zero-order chi connectivity index (χ0) is 26.4. The fourth-order valence-corrected chi connectivity index (χ4v) is 4.61. The topological polar surface area (TPSA) is 95.1 Å².